The fourth-order valence-electron chi connectivity index (χ4n) is 5.21. The molecular formula is C25H22FN3O6. The molecule has 3 aliphatic heterocycles. The summed E-state index contributed by atoms with van der Waals surface area (Å²) < 4.78 is 28.5. The molecular weight excluding hydrogens is 457 g/mol. The van der Waals surface area contributed by atoms with Crippen LogP contribution in [0.4, 0.5) is 10.1 Å². The van der Waals surface area contributed by atoms with Gasteiger partial charge in [0, 0.05) is 18.3 Å². The lowest BCUT2D eigenvalue weighted by Gasteiger charge is -2.31. The zero-order valence-electron chi connectivity index (χ0n) is 19.0. The molecule has 3 aromatic rings. The normalized spacial score (nSPS) is 22.4. The van der Waals surface area contributed by atoms with Gasteiger partial charge in [0.25, 0.3) is 0 Å². The van der Waals surface area contributed by atoms with Crippen molar-refractivity contribution in [2.75, 3.05) is 31.7 Å². The standard InChI is InChI=1S/C25H22FN3O6/c1-12-11-34-24-21-15(23(30)17(25(31)32)9-29(12)21)7-18(26)22(24)28-8-16-19(10-28)35-27-20(16)13-3-5-14(33-2)6-4-13/h3-7,9,12,16,19H,8,10-11H2,1-2H3,(H,31,32)/t12-,16?,19?/m0/s1. The van der Waals surface area contributed by atoms with E-state index in [1.165, 1.54) is 6.20 Å². The second kappa shape index (κ2) is 7.72. The molecule has 3 aliphatic rings. The summed E-state index contributed by atoms with van der Waals surface area (Å²) in [5.74, 6) is -1.09. The van der Waals surface area contributed by atoms with Gasteiger partial charge in [-0.1, -0.05) is 5.16 Å². The number of aromatic carboxylic acids is 1. The number of hydrogen-bond donors (Lipinski definition) is 1. The maximum absolute atomic E-state index is 15.6. The van der Waals surface area contributed by atoms with Crippen LogP contribution in [0.25, 0.3) is 10.9 Å². The van der Waals surface area contributed by atoms with E-state index in [4.69, 9.17) is 14.3 Å². The van der Waals surface area contributed by atoms with Crippen molar-refractivity contribution in [1.29, 1.82) is 0 Å². The van der Waals surface area contributed by atoms with Gasteiger partial charge in [-0.2, -0.15) is 0 Å². The van der Waals surface area contributed by atoms with E-state index in [0.29, 0.717) is 18.6 Å². The van der Waals surface area contributed by atoms with Crippen LogP contribution in [0.3, 0.4) is 0 Å². The van der Waals surface area contributed by atoms with E-state index in [2.05, 4.69) is 5.16 Å². The maximum Gasteiger partial charge on any atom is 0.341 e. The number of benzene rings is 2. The third-order valence-electron chi connectivity index (χ3n) is 6.98. The topological polar surface area (TPSA) is 103 Å². The first-order valence-electron chi connectivity index (χ1n) is 11.3. The second-order valence-electron chi connectivity index (χ2n) is 9.04. The number of ether oxygens (including phenoxy) is 2. The zero-order valence-corrected chi connectivity index (χ0v) is 19.0. The minimum atomic E-state index is -1.35. The number of anilines is 1. The van der Waals surface area contributed by atoms with Gasteiger partial charge in [0.2, 0.25) is 5.43 Å². The number of carbonyl (C=O) groups is 1. The number of rotatable bonds is 4. The van der Waals surface area contributed by atoms with E-state index in [1.54, 1.807) is 11.7 Å². The number of fused-ring (bicyclic) bond motifs is 1. The van der Waals surface area contributed by atoms with E-state index in [1.807, 2.05) is 36.1 Å². The fourth-order valence-corrected chi connectivity index (χ4v) is 5.21. The Morgan fingerprint density at radius 2 is 2.03 bits per heavy atom. The van der Waals surface area contributed by atoms with E-state index in [-0.39, 0.29) is 41.5 Å². The first-order chi connectivity index (χ1) is 16.9. The number of pyridine rings is 1. The predicted octanol–water partition coefficient (Wildman–Crippen LogP) is 3.04. The summed E-state index contributed by atoms with van der Waals surface area (Å²) in [6, 6.07) is 8.42. The third-order valence-corrected chi connectivity index (χ3v) is 6.98. The lowest BCUT2D eigenvalue weighted by Crippen LogP contribution is -2.30. The number of halogens is 1. The van der Waals surface area contributed by atoms with Crippen LogP contribution in [0, 0.1) is 11.7 Å². The van der Waals surface area contributed by atoms with Crippen molar-refractivity contribution in [3.63, 3.8) is 0 Å². The molecule has 0 bridgehead atoms. The molecule has 10 heteroatoms. The molecule has 1 saturated heterocycles. The first kappa shape index (κ1) is 21.5. The Morgan fingerprint density at radius 1 is 1.26 bits per heavy atom. The maximum atomic E-state index is 15.6. The van der Waals surface area contributed by atoms with Crippen molar-refractivity contribution in [1.82, 2.24) is 4.57 Å². The number of oxime groups is 1. The Balaban J connectivity index is 1.42. The number of carboxylic acid groups (broad SMARTS) is 1. The van der Waals surface area contributed by atoms with Gasteiger partial charge in [-0.25, -0.2) is 9.18 Å². The minimum absolute atomic E-state index is 0.0103. The highest BCUT2D eigenvalue weighted by molar-refractivity contribution is 6.04. The molecule has 1 N–H and O–H groups in total. The minimum Gasteiger partial charge on any atom is -0.497 e. The number of aromatic nitrogens is 1. The monoisotopic (exact) mass is 479 g/mol. The van der Waals surface area contributed by atoms with Crippen molar-refractivity contribution in [3.8, 4) is 11.5 Å². The second-order valence-corrected chi connectivity index (χ2v) is 9.04. The molecule has 180 valence electrons. The van der Waals surface area contributed by atoms with Crippen LogP contribution in [0.15, 0.2) is 46.5 Å². The number of carboxylic acids is 1. The first-order valence-corrected chi connectivity index (χ1v) is 11.3. The molecule has 1 aromatic heterocycles. The summed E-state index contributed by atoms with van der Waals surface area (Å²) in [6.07, 6.45) is 1.07. The van der Waals surface area contributed by atoms with Gasteiger partial charge in [-0.3, -0.25) is 4.79 Å². The Labute approximate surface area is 198 Å². The Bertz CT molecular complexity index is 1470. The summed E-state index contributed by atoms with van der Waals surface area (Å²) in [5, 5.41) is 13.8. The lowest BCUT2D eigenvalue weighted by atomic mass is 9.95. The zero-order chi connectivity index (χ0) is 24.4. The molecule has 4 heterocycles. The highest BCUT2D eigenvalue weighted by Crippen LogP contribution is 2.44. The van der Waals surface area contributed by atoms with Gasteiger partial charge >= 0.3 is 5.97 Å². The van der Waals surface area contributed by atoms with Crippen LogP contribution in [-0.4, -0.2) is 54.3 Å². The summed E-state index contributed by atoms with van der Waals surface area (Å²) in [5.41, 5.74) is 1.20. The molecule has 0 spiro atoms. The quantitative estimate of drug-likeness (QED) is 0.614. The summed E-state index contributed by atoms with van der Waals surface area (Å²) in [7, 11) is 1.60. The predicted molar refractivity (Wildman–Crippen MR) is 125 cm³/mol. The Hall–Kier alpha value is -4.08. The van der Waals surface area contributed by atoms with Gasteiger partial charge < -0.3 is 28.9 Å². The van der Waals surface area contributed by atoms with Gasteiger partial charge in [0.15, 0.2) is 17.7 Å². The molecule has 0 saturated carbocycles. The largest absolute Gasteiger partial charge is 0.497 e. The molecule has 0 radical (unpaired) electrons. The van der Waals surface area contributed by atoms with Crippen LogP contribution >= 0.6 is 0 Å². The lowest BCUT2D eigenvalue weighted by molar-refractivity contribution is 0.0694. The molecule has 3 atom stereocenters. The number of nitrogens with zero attached hydrogens (tertiary/aromatic N) is 3. The van der Waals surface area contributed by atoms with E-state index >= 15 is 4.39 Å². The van der Waals surface area contributed by atoms with Crippen LogP contribution in [0.2, 0.25) is 0 Å². The molecule has 2 unspecified atom stereocenters. The Morgan fingerprint density at radius 3 is 2.74 bits per heavy atom. The molecule has 35 heavy (non-hydrogen) atoms. The van der Waals surface area contributed by atoms with E-state index in [9.17, 15) is 14.7 Å². The third kappa shape index (κ3) is 3.16. The van der Waals surface area contributed by atoms with Crippen LogP contribution in [-0.2, 0) is 4.84 Å². The molecule has 2 aromatic carbocycles. The van der Waals surface area contributed by atoms with Gasteiger partial charge in [0.1, 0.15) is 23.6 Å². The summed E-state index contributed by atoms with van der Waals surface area (Å²) in [6.45, 7) is 2.91. The van der Waals surface area contributed by atoms with Gasteiger partial charge in [-0.05, 0) is 37.3 Å². The number of methoxy groups -OCH3 is 1. The number of hydrogen-bond acceptors (Lipinski definition) is 7. The van der Waals surface area contributed by atoms with Crippen LogP contribution in [0.5, 0.6) is 11.5 Å². The van der Waals surface area contributed by atoms with Crippen LogP contribution in [0.1, 0.15) is 28.9 Å². The smallest absolute Gasteiger partial charge is 0.341 e. The van der Waals surface area contributed by atoms with Crippen molar-refractivity contribution in [3.05, 3.63) is 63.7 Å². The average molecular weight is 479 g/mol. The molecule has 1 fully saturated rings. The van der Waals surface area contributed by atoms with Crippen LogP contribution < -0.4 is 19.8 Å². The molecule has 0 amide bonds. The highest BCUT2D eigenvalue weighted by atomic mass is 19.1. The molecule has 0 aliphatic carbocycles. The van der Waals surface area contributed by atoms with Crippen molar-refractivity contribution < 1.29 is 28.6 Å². The van der Waals surface area contributed by atoms with Crippen molar-refractivity contribution in [2.24, 2.45) is 11.1 Å². The molecule has 6 rings (SSSR count). The Kier molecular flexibility index (Phi) is 4.73. The molecule has 9 nitrogen and oxygen atoms in total. The van der Waals surface area contributed by atoms with Gasteiger partial charge in [0.05, 0.1) is 42.2 Å². The average Bonchev–Trinajstić information content (AvgIpc) is 3.43. The van der Waals surface area contributed by atoms with E-state index < -0.39 is 22.8 Å². The summed E-state index contributed by atoms with van der Waals surface area (Å²) >= 11 is 0. The highest BCUT2D eigenvalue weighted by Gasteiger charge is 2.45. The van der Waals surface area contributed by atoms with Crippen molar-refractivity contribution in [2.45, 2.75) is 19.1 Å². The SMILES string of the molecule is COc1ccc(C2=NOC3CN(c4c(F)cc5c(=O)c(C(=O)O)cn6c5c4OC[C@@H]6C)CC23)cc1. The summed E-state index contributed by atoms with van der Waals surface area (Å²) in [4.78, 5) is 32.0. The fraction of sp³-hybridized carbons (Fsp3) is 0.320. The van der Waals surface area contributed by atoms with E-state index in [0.717, 1.165) is 23.1 Å². The van der Waals surface area contributed by atoms with Crippen molar-refractivity contribution >= 4 is 28.3 Å². The van der Waals surface area contributed by atoms with Gasteiger partial charge in [-0.15, -0.1) is 0 Å².